The van der Waals surface area contributed by atoms with Gasteiger partial charge in [-0.05, 0) is 30.2 Å². The van der Waals surface area contributed by atoms with Crippen molar-refractivity contribution >= 4 is 17.5 Å². The minimum absolute atomic E-state index is 0.0704. The van der Waals surface area contributed by atoms with Crippen molar-refractivity contribution in [2.45, 2.75) is 13.3 Å². The minimum atomic E-state index is -0.674. The zero-order valence-corrected chi connectivity index (χ0v) is 10.9. The highest BCUT2D eigenvalue weighted by Gasteiger charge is 2.10. The normalized spacial score (nSPS) is 10.3. The maximum absolute atomic E-state index is 13.5. The summed E-state index contributed by atoms with van der Waals surface area (Å²) in [6, 6.07) is 5.06. The number of aromatic nitrogens is 2. The van der Waals surface area contributed by atoms with Crippen molar-refractivity contribution in [2.75, 3.05) is 5.43 Å². The summed E-state index contributed by atoms with van der Waals surface area (Å²) in [4.78, 5) is 7.41. The van der Waals surface area contributed by atoms with Crippen molar-refractivity contribution < 1.29 is 9.13 Å². The highest BCUT2D eigenvalue weighted by molar-refractivity contribution is 6.31. The van der Waals surface area contributed by atoms with Gasteiger partial charge in [0.1, 0.15) is 5.75 Å². The Kier molecular flexibility index (Phi) is 4.13. The summed E-state index contributed by atoms with van der Waals surface area (Å²) in [5.41, 5.74) is 3.13. The Morgan fingerprint density at radius 3 is 2.95 bits per heavy atom. The molecule has 5 nitrogen and oxygen atoms in total. The maximum Gasteiger partial charge on any atom is 0.260 e. The number of hydrogen-bond donors (Lipinski definition) is 2. The van der Waals surface area contributed by atoms with Crippen molar-refractivity contribution in [1.82, 2.24) is 9.97 Å². The number of anilines is 1. The van der Waals surface area contributed by atoms with Crippen LogP contribution in [-0.2, 0) is 6.42 Å². The van der Waals surface area contributed by atoms with Crippen LogP contribution in [0, 0.1) is 5.82 Å². The van der Waals surface area contributed by atoms with Crippen LogP contribution in [0.15, 0.2) is 24.4 Å². The number of rotatable bonds is 4. The molecule has 0 amide bonds. The van der Waals surface area contributed by atoms with E-state index in [9.17, 15) is 4.39 Å². The molecular weight excluding hydrogens is 271 g/mol. The predicted octanol–water partition coefficient (Wildman–Crippen LogP) is 2.91. The highest BCUT2D eigenvalue weighted by atomic mass is 35.5. The third-order valence-corrected chi connectivity index (χ3v) is 2.82. The highest BCUT2D eigenvalue weighted by Crippen LogP contribution is 2.27. The van der Waals surface area contributed by atoms with E-state index < -0.39 is 5.82 Å². The van der Waals surface area contributed by atoms with Gasteiger partial charge in [0.2, 0.25) is 11.8 Å². The van der Waals surface area contributed by atoms with E-state index in [4.69, 9.17) is 22.2 Å². The number of halogens is 2. The Hall–Kier alpha value is -1.92. The van der Waals surface area contributed by atoms with Crippen molar-refractivity contribution in [1.29, 1.82) is 0 Å². The number of benzene rings is 1. The molecule has 3 N–H and O–H groups in total. The summed E-state index contributed by atoms with van der Waals surface area (Å²) in [6.07, 6.45) is 1.73. The lowest BCUT2D eigenvalue weighted by Crippen LogP contribution is -2.11. The smallest absolute Gasteiger partial charge is 0.260 e. The Morgan fingerprint density at radius 1 is 1.47 bits per heavy atom. The second kappa shape index (κ2) is 5.81. The second-order valence-corrected chi connectivity index (χ2v) is 4.11. The van der Waals surface area contributed by atoms with E-state index in [1.165, 1.54) is 0 Å². The molecule has 0 bridgehead atoms. The summed E-state index contributed by atoms with van der Waals surface area (Å²) >= 11 is 6.00. The van der Waals surface area contributed by atoms with Crippen molar-refractivity contribution in [3.05, 3.63) is 40.8 Å². The van der Waals surface area contributed by atoms with Gasteiger partial charge in [0.15, 0.2) is 0 Å². The van der Waals surface area contributed by atoms with Gasteiger partial charge >= 0.3 is 0 Å². The van der Waals surface area contributed by atoms with Gasteiger partial charge in [-0.2, -0.15) is 9.37 Å². The van der Waals surface area contributed by atoms with E-state index >= 15 is 0 Å². The molecule has 100 valence electrons. The third kappa shape index (κ3) is 3.10. The lowest BCUT2D eigenvalue weighted by molar-refractivity contribution is 0.420. The van der Waals surface area contributed by atoms with E-state index in [1.54, 1.807) is 18.2 Å². The Bertz CT molecular complexity index is 594. The first-order valence-corrected chi connectivity index (χ1v) is 5.97. The summed E-state index contributed by atoms with van der Waals surface area (Å²) in [5, 5.41) is 0.641. The predicted molar refractivity (Wildman–Crippen MR) is 70.7 cm³/mol. The van der Waals surface area contributed by atoms with Crippen molar-refractivity contribution in [2.24, 2.45) is 5.84 Å². The lowest BCUT2D eigenvalue weighted by atomic mass is 10.1. The SMILES string of the molecule is CCc1cc(Oc2nc(NN)ncc2F)ccc1Cl. The minimum Gasteiger partial charge on any atom is -0.436 e. The summed E-state index contributed by atoms with van der Waals surface area (Å²) in [5.74, 6) is 4.80. The van der Waals surface area contributed by atoms with Gasteiger partial charge < -0.3 is 4.74 Å². The van der Waals surface area contributed by atoms with Gasteiger partial charge in [-0.1, -0.05) is 18.5 Å². The summed E-state index contributed by atoms with van der Waals surface area (Å²) in [6.45, 7) is 1.96. The van der Waals surface area contributed by atoms with Gasteiger partial charge in [0.05, 0.1) is 6.20 Å². The van der Waals surface area contributed by atoms with Gasteiger partial charge in [-0.15, -0.1) is 0 Å². The van der Waals surface area contributed by atoms with Crippen LogP contribution in [0.25, 0.3) is 0 Å². The van der Waals surface area contributed by atoms with Crippen molar-refractivity contribution in [3.8, 4) is 11.6 Å². The third-order valence-electron chi connectivity index (χ3n) is 2.45. The zero-order chi connectivity index (χ0) is 13.8. The zero-order valence-electron chi connectivity index (χ0n) is 10.2. The molecule has 0 spiro atoms. The Balaban J connectivity index is 2.30. The number of aryl methyl sites for hydroxylation is 1. The molecule has 0 saturated carbocycles. The fourth-order valence-corrected chi connectivity index (χ4v) is 1.74. The largest absolute Gasteiger partial charge is 0.436 e. The molecule has 0 aliphatic heterocycles. The number of nitrogens with one attached hydrogen (secondary N) is 1. The van der Waals surface area contributed by atoms with Crippen LogP contribution in [0.2, 0.25) is 5.02 Å². The first kappa shape index (κ1) is 13.5. The van der Waals surface area contributed by atoms with E-state index in [0.29, 0.717) is 10.8 Å². The average Bonchev–Trinajstić information content (AvgIpc) is 2.43. The van der Waals surface area contributed by atoms with Gasteiger partial charge in [0, 0.05) is 5.02 Å². The number of ether oxygens (including phenoxy) is 1. The molecule has 7 heteroatoms. The summed E-state index contributed by atoms with van der Waals surface area (Å²) < 4.78 is 18.9. The molecule has 0 fully saturated rings. The molecule has 0 saturated heterocycles. The summed E-state index contributed by atoms with van der Waals surface area (Å²) in [7, 11) is 0. The standard InChI is InChI=1S/C12H12ClFN4O/c1-2-7-5-8(3-4-9(7)13)19-11-10(14)6-16-12(17-11)18-15/h3-6H,2,15H2,1H3,(H,16,17,18). The Labute approximate surface area is 114 Å². The number of nitrogen functional groups attached to an aromatic ring is 1. The number of nitrogens with two attached hydrogens (primary N) is 1. The van der Waals surface area contributed by atoms with Crippen LogP contribution in [0.1, 0.15) is 12.5 Å². The van der Waals surface area contributed by atoms with Crippen LogP contribution in [0.5, 0.6) is 11.6 Å². The molecule has 2 rings (SSSR count). The van der Waals surface area contributed by atoms with E-state index in [1.807, 2.05) is 6.92 Å². The van der Waals surface area contributed by atoms with Crippen LogP contribution in [0.4, 0.5) is 10.3 Å². The van der Waals surface area contributed by atoms with Crippen molar-refractivity contribution in [3.63, 3.8) is 0 Å². The molecular formula is C12H12ClFN4O. The van der Waals surface area contributed by atoms with Crippen LogP contribution < -0.4 is 16.0 Å². The fourth-order valence-electron chi connectivity index (χ4n) is 1.49. The van der Waals surface area contributed by atoms with Crippen LogP contribution in [-0.4, -0.2) is 9.97 Å². The number of hydrogen-bond acceptors (Lipinski definition) is 5. The topological polar surface area (TPSA) is 73.1 Å². The molecule has 1 aromatic heterocycles. The molecule has 0 atom stereocenters. The molecule has 0 unspecified atom stereocenters. The molecule has 1 aromatic carbocycles. The number of nitrogens with zero attached hydrogens (tertiary/aromatic N) is 2. The lowest BCUT2D eigenvalue weighted by Gasteiger charge is -2.08. The Morgan fingerprint density at radius 2 is 2.26 bits per heavy atom. The van der Waals surface area contributed by atoms with Gasteiger partial charge in [-0.25, -0.2) is 10.8 Å². The fraction of sp³-hybridized carbons (Fsp3) is 0.167. The monoisotopic (exact) mass is 282 g/mol. The molecule has 1 heterocycles. The van der Waals surface area contributed by atoms with Gasteiger partial charge in [0.25, 0.3) is 5.88 Å². The molecule has 2 aromatic rings. The molecule has 0 radical (unpaired) electrons. The second-order valence-electron chi connectivity index (χ2n) is 3.70. The quantitative estimate of drug-likeness (QED) is 0.666. The number of hydrazine groups is 1. The average molecular weight is 283 g/mol. The molecule has 0 aliphatic rings. The maximum atomic E-state index is 13.5. The van der Waals surface area contributed by atoms with Gasteiger partial charge in [-0.3, -0.25) is 5.43 Å². The van der Waals surface area contributed by atoms with Crippen LogP contribution >= 0.6 is 11.6 Å². The van der Waals surface area contributed by atoms with E-state index in [-0.39, 0.29) is 11.8 Å². The molecule has 0 aliphatic carbocycles. The molecule has 19 heavy (non-hydrogen) atoms. The first-order chi connectivity index (χ1) is 9.13. The van der Waals surface area contributed by atoms with Crippen LogP contribution in [0.3, 0.4) is 0 Å². The van der Waals surface area contributed by atoms with E-state index in [2.05, 4.69) is 15.4 Å². The van der Waals surface area contributed by atoms with E-state index in [0.717, 1.165) is 18.2 Å². The first-order valence-electron chi connectivity index (χ1n) is 5.59.